The van der Waals surface area contributed by atoms with Gasteiger partial charge in [0.15, 0.2) is 0 Å². The minimum absolute atomic E-state index is 0.0467. The van der Waals surface area contributed by atoms with Crippen LogP contribution in [0.1, 0.15) is 23.6 Å². The lowest BCUT2D eigenvalue weighted by atomic mass is 10.0. The van der Waals surface area contributed by atoms with E-state index in [4.69, 9.17) is 5.11 Å². The molecule has 1 rings (SSSR count). The molecule has 0 fully saturated rings. The zero-order valence-electron chi connectivity index (χ0n) is 10.1. The molecule has 0 heterocycles. The molecule has 1 amide bonds. The number of hydrogen-bond donors (Lipinski definition) is 2. The predicted molar refractivity (Wildman–Crippen MR) is 64.3 cm³/mol. The van der Waals surface area contributed by atoms with E-state index in [1.54, 1.807) is 6.92 Å². The van der Waals surface area contributed by atoms with Crippen molar-refractivity contribution in [3.63, 3.8) is 0 Å². The Bertz CT molecular complexity index is 372. The minimum atomic E-state index is -0.498. The smallest absolute Gasteiger partial charge is 0.224 e. The zero-order chi connectivity index (χ0) is 12.1. The van der Waals surface area contributed by atoms with Crippen LogP contribution in [-0.2, 0) is 11.2 Å². The molecule has 1 aromatic carbocycles. The lowest BCUT2D eigenvalue weighted by Crippen LogP contribution is -2.31. The minimum Gasteiger partial charge on any atom is -0.392 e. The summed E-state index contributed by atoms with van der Waals surface area (Å²) < 4.78 is 0. The van der Waals surface area contributed by atoms with E-state index in [9.17, 15) is 4.79 Å². The highest BCUT2D eigenvalue weighted by Gasteiger charge is 2.06. The number of aryl methyl sites for hydroxylation is 2. The third-order valence-electron chi connectivity index (χ3n) is 2.45. The van der Waals surface area contributed by atoms with Gasteiger partial charge in [-0.2, -0.15) is 0 Å². The third kappa shape index (κ3) is 4.03. The molecule has 88 valence electrons. The normalized spacial score (nSPS) is 12.2. The van der Waals surface area contributed by atoms with E-state index in [0.29, 0.717) is 13.0 Å². The Morgan fingerprint density at radius 3 is 2.75 bits per heavy atom. The van der Waals surface area contributed by atoms with Crippen molar-refractivity contribution in [2.75, 3.05) is 6.54 Å². The van der Waals surface area contributed by atoms with Crippen molar-refractivity contribution in [2.24, 2.45) is 0 Å². The molecule has 0 saturated heterocycles. The van der Waals surface area contributed by atoms with Crippen LogP contribution in [0.5, 0.6) is 0 Å². The molecule has 3 heteroatoms. The second-order valence-corrected chi connectivity index (χ2v) is 4.26. The lowest BCUT2D eigenvalue weighted by molar-refractivity contribution is -0.120. The van der Waals surface area contributed by atoms with Crippen molar-refractivity contribution in [2.45, 2.75) is 33.3 Å². The van der Waals surface area contributed by atoms with Crippen LogP contribution in [0, 0.1) is 13.8 Å². The first-order valence-corrected chi connectivity index (χ1v) is 5.50. The van der Waals surface area contributed by atoms with Gasteiger partial charge in [0, 0.05) is 6.54 Å². The van der Waals surface area contributed by atoms with Crippen LogP contribution in [-0.4, -0.2) is 23.7 Å². The van der Waals surface area contributed by atoms with Gasteiger partial charge in [0.05, 0.1) is 12.5 Å². The molecule has 2 N–H and O–H groups in total. The summed E-state index contributed by atoms with van der Waals surface area (Å²) in [5.41, 5.74) is 3.32. The van der Waals surface area contributed by atoms with E-state index in [2.05, 4.69) is 5.32 Å². The molecular weight excluding hydrogens is 202 g/mol. The fourth-order valence-electron chi connectivity index (χ4n) is 1.49. The SMILES string of the molecule is Cc1ccc(C)c(CC(=O)NC[C@@H](C)O)c1. The number of carbonyl (C=O) groups is 1. The summed E-state index contributed by atoms with van der Waals surface area (Å²) in [6, 6.07) is 6.08. The maximum atomic E-state index is 11.6. The van der Waals surface area contributed by atoms with Gasteiger partial charge < -0.3 is 10.4 Å². The van der Waals surface area contributed by atoms with Crippen molar-refractivity contribution in [1.29, 1.82) is 0 Å². The summed E-state index contributed by atoms with van der Waals surface area (Å²) in [4.78, 5) is 11.6. The Morgan fingerprint density at radius 1 is 1.44 bits per heavy atom. The second-order valence-electron chi connectivity index (χ2n) is 4.26. The Kier molecular flexibility index (Phi) is 4.50. The molecule has 0 saturated carbocycles. The number of carbonyl (C=O) groups excluding carboxylic acids is 1. The highest BCUT2D eigenvalue weighted by atomic mass is 16.3. The molecule has 1 atom stereocenters. The molecule has 0 aliphatic heterocycles. The van der Waals surface area contributed by atoms with E-state index in [1.165, 1.54) is 0 Å². The number of benzene rings is 1. The van der Waals surface area contributed by atoms with Gasteiger partial charge in [0.25, 0.3) is 0 Å². The summed E-state index contributed by atoms with van der Waals surface area (Å²) in [7, 11) is 0. The molecular formula is C13H19NO2. The highest BCUT2D eigenvalue weighted by Crippen LogP contribution is 2.11. The van der Waals surface area contributed by atoms with Crippen LogP contribution in [0.3, 0.4) is 0 Å². The summed E-state index contributed by atoms with van der Waals surface area (Å²) in [6.45, 7) is 5.97. The Labute approximate surface area is 96.5 Å². The van der Waals surface area contributed by atoms with Crippen LogP contribution in [0.15, 0.2) is 18.2 Å². The summed E-state index contributed by atoms with van der Waals surface area (Å²) in [5.74, 6) is -0.0467. The van der Waals surface area contributed by atoms with Gasteiger partial charge in [-0.3, -0.25) is 4.79 Å². The molecule has 0 aliphatic rings. The van der Waals surface area contributed by atoms with Crippen LogP contribution in [0.25, 0.3) is 0 Å². The molecule has 16 heavy (non-hydrogen) atoms. The van der Waals surface area contributed by atoms with Crippen molar-refractivity contribution in [3.05, 3.63) is 34.9 Å². The average molecular weight is 221 g/mol. The molecule has 0 bridgehead atoms. The largest absolute Gasteiger partial charge is 0.392 e. The Hall–Kier alpha value is -1.35. The third-order valence-corrected chi connectivity index (χ3v) is 2.45. The van der Waals surface area contributed by atoms with Gasteiger partial charge in [-0.25, -0.2) is 0 Å². The zero-order valence-corrected chi connectivity index (χ0v) is 10.1. The summed E-state index contributed by atoms with van der Waals surface area (Å²) >= 11 is 0. The van der Waals surface area contributed by atoms with Gasteiger partial charge in [0.1, 0.15) is 0 Å². The Morgan fingerprint density at radius 2 is 2.12 bits per heavy atom. The average Bonchev–Trinajstić information content (AvgIpc) is 2.20. The standard InChI is InChI=1S/C13H19NO2/c1-9-4-5-10(2)12(6-9)7-13(16)14-8-11(3)15/h4-6,11,15H,7-8H2,1-3H3,(H,14,16)/t11-/m1/s1. The topological polar surface area (TPSA) is 49.3 Å². The van der Waals surface area contributed by atoms with Gasteiger partial charge in [-0.05, 0) is 31.9 Å². The monoisotopic (exact) mass is 221 g/mol. The molecule has 3 nitrogen and oxygen atoms in total. The van der Waals surface area contributed by atoms with Crippen LogP contribution in [0.4, 0.5) is 0 Å². The first kappa shape index (κ1) is 12.7. The van der Waals surface area contributed by atoms with Crippen molar-refractivity contribution in [3.8, 4) is 0 Å². The predicted octanol–water partition coefficient (Wildman–Crippen LogP) is 1.34. The number of amides is 1. The van der Waals surface area contributed by atoms with Crippen LogP contribution >= 0.6 is 0 Å². The number of aliphatic hydroxyl groups is 1. The molecule has 0 radical (unpaired) electrons. The molecule has 0 unspecified atom stereocenters. The first-order chi connectivity index (χ1) is 7.49. The van der Waals surface area contributed by atoms with Gasteiger partial charge in [-0.15, -0.1) is 0 Å². The second kappa shape index (κ2) is 5.66. The Balaban J connectivity index is 2.59. The molecule has 0 aromatic heterocycles. The molecule has 1 aromatic rings. The number of hydrogen-bond acceptors (Lipinski definition) is 2. The number of nitrogens with one attached hydrogen (secondary N) is 1. The van der Waals surface area contributed by atoms with Crippen LogP contribution in [0.2, 0.25) is 0 Å². The highest BCUT2D eigenvalue weighted by molar-refractivity contribution is 5.79. The number of rotatable bonds is 4. The lowest BCUT2D eigenvalue weighted by Gasteiger charge is -2.09. The maximum absolute atomic E-state index is 11.6. The maximum Gasteiger partial charge on any atom is 0.224 e. The van der Waals surface area contributed by atoms with E-state index in [1.807, 2.05) is 32.0 Å². The quantitative estimate of drug-likeness (QED) is 0.806. The summed E-state index contributed by atoms with van der Waals surface area (Å²) in [5, 5.41) is 11.7. The van der Waals surface area contributed by atoms with Gasteiger partial charge >= 0.3 is 0 Å². The van der Waals surface area contributed by atoms with Gasteiger partial charge in [0.2, 0.25) is 5.91 Å². The fourth-order valence-corrected chi connectivity index (χ4v) is 1.49. The fraction of sp³-hybridized carbons (Fsp3) is 0.462. The van der Waals surface area contributed by atoms with E-state index in [0.717, 1.165) is 16.7 Å². The van der Waals surface area contributed by atoms with Crippen molar-refractivity contribution < 1.29 is 9.90 Å². The summed E-state index contributed by atoms with van der Waals surface area (Å²) in [6.07, 6.45) is -0.122. The number of aliphatic hydroxyl groups excluding tert-OH is 1. The molecule has 0 spiro atoms. The van der Waals surface area contributed by atoms with E-state index in [-0.39, 0.29) is 5.91 Å². The van der Waals surface area contributed by atoms with Crippen molar-refractivity contribution in [1.82, 2.24) is 5.32 Å². The first-order valence-electron chi connectivity index (χ1n) is 5.50. The molecule has 0 aliphatic carbocycles. The van der Waals surface area contributed by atoms with Gasteiger partial charge in [-0.1, -0.05) is 23.8 Å². The van der Waals surface area contributed by atoms with Crippen LogP contribution < -0.4 is 5.32 Å². The van der Waals surface area contributed by atoms with Crippen molar-refractivity contribution >= 4 is 5.91 Å². The van der Waals surface area contributed by atoms with E-state index < -0.39 is 6.10 Å². The van der Waals surface area contributed by atoms with E-state index >= 15 is 0 Å².